The number of carbonyl (C=O) groups is 2. The van der Waals surface area contributed by atoms with Gasteiger partial charge in [-0.25, -0.2) is 8.78 Å². The quantitative estimate of drug-likeness (QED) is 0.399. The molecule has 0 aliphatic rings. The first kappa shape index (κ1) is 25.5. The topological polar surface area (TPSA) is 49.9 Å². The maximum atomic E-state index is 13.4. The van der Waals surface area contributed by atoms with Crippen LogP contribution < -0.4 is 0 Å². The van der Waals surface area contributed by atoms with E-state index in [1.165, 1.54) is 36.3 Å². The molecule has 3 aromatic rings. The maximum Gasteiger partial charge on any atom is 0.242 e. The van der Waals surface area contributed by atoms with Gasteiger partial charge in [0.25, 0.3) is 0 Å². The van der Waals surface area contributed by atoms with Crippen LogP contribution in [0.25, 0.3) is 0 Å². The number of amides is 2. The molecule has 5 nitrogen and oxygen atoms in total. The average molecular weight is 487 g/mol. The van der Waals surface area contributed by atoms with Crippen LogP contribution in [-0.2, 0) is 33.8 Å². The minimum atomic E-state index is -0.372. The molecule has 0 aliphatic heterocycles. The van der Waals surface area contributed by atoms with Gasteiger partial charge in [-0.2, -0.15) is 0 Å². The number of methoxy groups -OCH3 is 1. The monoisotopic (exact) mass is 486 g/mol. The number of halogens is 2. The van der Waals surface area contributed by atoms with Crippen molar-refractivity contribution in [2.24, 2.45) is 0 Å². The van der Waals surface area contributed by atoms with Gasteiger partial charge in [-0.05, 0) is 59.3 Å². The molecule has 1 heterocycles. The summed E-state index contributed by atoms with van der Waals surface area (Å²) in [5, 5.41) is 1.97. The number of benzene rings is 2. The lowest BCUT2D eigenvalue weighted by Crippen LogP contribution is -2.44. The summed E-state index contributed by atoms with van der Waals surface area (Å²) < 4.78 is 31.7. The number of thiophene rings is 1. The number of ether oxygens (including phenoxy) is 1. The van der Waals surface area contributed by atoms with Gasteiger partial charge in [-0.15, -0.1) is 11.3 Å². The zero-order chi connectivity index (χ0) is 24.5. The van der Waals surface area contributed by atoms with Gasteiger partial charge in [0, 0.05) is 25.1 Å². The second-order valence-corrected chi connectivity index (χ2v) is 9.02. The molecule has 0 saturated carbocycles. The van der Waals surface area contributed by atoms with Crippen LogP contribution in [0.5, 0.6) is 0 Å². The zero-order valence-electron chi connectivity index (χ0n) is 19.3. The third-order valence-corrected chi connectivity index (χ3v) is 6.46. The molecule has 0 fully saturated rings. The fourth-order valence-electron chi connectivity index (χ4n) is 3.43. The highest BCUT2D eigenvalue weighted by molar-refractivity contribution is 7.10. The van der Waals surface area contributed by atoms with Crippen molar-refractivity contribution in [2.75, 3.05) is 26.8 Å². The summed E-state index contributed by atoms with van der Waals surface area (Å²) in [7, 11) is 1.53. The third kappa shape index (κ3) is 7.46. The van der Waals surface area contributed by atoms with Crippen LogP contribution in [0.15, 0.2) is 60.0 Å². The second-order valence-electron chi connectivity index (χ2n) is 8.01. The first-order valence-electron chi connectivity index (χ1n) is 10.9. The Balaban J connectivity index is 1.76. The van der Waals surface area contributed by atoms with Gasteiger partial charge in [0.1, 0.15) is 11.6 Å². The predicted molar refractivity (Wildman–Crippen MR) is 128 cm³/mol. The van der Waals surface area contributed by atoms with Crippen LogP contribution in [0, 0.1) is 18.6 Å². The van der Waals surface area contributed by atoms with E-state index in [9.17, 15) is 18.4 Å². The summed E-state index contributed by atoms with van der Waals surface area (Å²) in [6, 6.07) is 13.8. The van der Waals surface area contributed by atoms with Gasteiger partial charge in [0.05, 0.1) is 26.1 Å². The molecule has 0 atom stereocenters. The van der Waals surface area contributed by atoms with E-state index in [0.717, 1.165) is 16.0 Å². The van der Waals surface area contributed by atoms with Gasteiger partial charge in [-0.3, -0.25) is 9.59 Å². The Morgan fingerprint density at radius 2 is 1.47 bits per heavy atom. The standard InChI is InChI=1S/C26H28F2N2O3S/c1-19-11-14-34-24(19)17-30(16-21-5-9-23(28)10-6-21)26(32)18-29(12-13-33-2)25(31)15-20-3-7-22(27)8-4-20/h3-11,14H,12-13,15-18H2,1-2H3. The van der Waals surface area contributed by atoms with Crippen molar-refractivity contribution < 1.29 is 23.1 Å². The molecule has 0 N–H and O–H groups in total. The van der Waals surface area contributed by atoms with Gasteiger partial charge in [0.15, 0.2) is 0 Å². The fourth-order valence-corrected chi connectivity index (χ4v) is 4.35. The first-order chi connectivity index (χ1) is 16.4. The van der Waals surface area contributed by atoms with Crippen molar-refractivity contribution in [3.05, 3.63) is 93.2 Å². The van der Waals surface area contributed by atoms with Crippen LogP contribution in [-0.4, -0.2) is 48.4 Å². The molecule has 1 aromatic heterocycles. The van der Waals surface area contributed by atoms with Crippen LogP contribution >= 0.6 is 11.3 Å². The van der Waals surface area contributed by atoms with Gasteiger partial charge in [-0.1, -0.05) is 24.3 Å². The molecule has 0 unspecified atom stereocenters. The predicted octanol–water partition coefficient (Wildman–Crippen LogP) is 4.58. The third-order valence-electron chi connectivity index (χ3n) is 5.45. The highest BCUT2D eigenvalue weighted by Gasteiger charge is 2.23. The van der Waals surface area contributed by atoms with Crippen LogP contribution in [0.4, 0.5) is 8.78 Å². The number of nitrogens with zero attached hydrogens (tertiary/aromatic N) is 2. The Kier molecular flexibility index (Phi) is 9.30. The van der Waals surface area contributed by atoms with Crippen molar-refractivity contribution in [3.63, 3.8) is 0 Å². The Labute approximate surface area is 202 Å². The minimum Gasteiger partial charge on any atom is -0.383 e. The van der Waals surface area contributed by atoms with E-state index < -0.39 is 0 Å². The van der Waals surface area contributed by atoms with Crippen LogP contribution in [0.3, 0.4) is 0 Å². The highest BCUT2D eigenvalue weighted by atomic mass is 32.1. The number of hydrogen-bond donors (Lipinski definition) is 0. The molecule has 0 aliphatic carbocycles. The van der Waals surface area contributed by atoms with Gasteiger partial charge >= 0.3 is 0 Å². The molecule has 0 radical (unpaired) electrons. The summed E-state index contributed by atoms with van der Waals surface area (Å²) in [5.41, 5.74) is 2.55. The van der Waals surface area contributed by atoms with E-state index in [-0.39, 0.29) is 49.6 Å². The Morgan fingerprint density at radius 3 is 2.03 bits per heavy atom. The molecule has 8 heteroatoms. The molecule has 0 saturated heterocycles. The lowest BCUT2D eigenvalue weighted by Gasteiger charge is -2.28. The Morgan fingerprint density at radius 1 is 0.853 bits per heavy atom. The molecule has 2 aromatic carbocycles. The molecule has 2 amide bonds. The van der Waals surface area contributed by atoms with E-state index in [1.807, 2.05) is 18.4 Å². The summed E-state index contributed by atoms with van der Waals surface area (Å²) in [4.78, 5) is 30.6. The molecule has 34 heavy (non-hydrogen) atoms. The molecular weight excluding hydrogens is 458 g/mol. The number of aryl methyl sites for hydroxylation is 1. The van der Waals surface area contributed by atoms with E-state index >= 15 is 0 Å². The smallest absolute Gasteiger partial charge is 0.242 e. The van der Waals surface area contributed by atoms with E-state index in [4.69, 9.17) is 4.74 Å². The second kappa shape index (κ2) is 12.4. The molecule has 0 spiro atoms. The molecule has 0 bridgehead atoms. The minimum absolute atomic E-state index is 0.0548. The van der Waals surface area contributed by atoms with Crippen molar-refractivity contribution >= 4 is 23.2 Å². The van der Waals surface area contributed by atoms with Crippen LogP contribution in [0.1, 0.15) is 21.6 Å². The van der Waals surface area contributed by atoms with Gasteiger partial charge in [0.2, 0.25) is 11.8 Å². The SMILES string of the molecule is COCCN(CC(=O)N(Cc1ccc(F)cc1)Cc1sccc1C)C(=O)Cc1ccc(F)cc1. The fraction of sp³-hybridized carbons (Fsp3) is 0.308. The van der Waals surface area contributed by atoms with Crippen molar-refractivity contribution in [3.8, 4) is 0 Å². The van der Waals surface area contributed by atoms with Crippen molar-refractivity contribution in [1.29, 1.82) is 0 Å². The maximum absolute atomic E-state index is 13.4. The average Bonchev–Trinajstić information content (AvgIpc) is 3.23. The summed E-state index contributed by atoms with van der Waals surface area (Å²) in [6.45, 7) is 3.10. The molecular formula is C26H28F2N2O3S. The largest absolute Gasteiger partial charge is 0.383 e. The lowest BCUT2D eigenvalue weighted by molar-refractivity contribution is -0.141. The highest BCUT2D eigenvalue weighted by Crippen LogP contribution is 2.20. The first-order valence-corrected chi connectivity index (χ1v) is 11.8. The van der Waals surface area contributed by atoms with Crippen molar-refractivity contribution in [2.45, 2.75) is 26.4 Å². The zero-order valence-corrected chi connectivity index (χ0v) is 20.1. The van der Waals surface area contributed by atoms with E-state index in [0.29, 0.717) is 18.7 Å². The van der Waals surface area contributed by atoms with Crippen molar-refractivity contribution in [1.82, 2.24) is 9.80 Å². The number of carbonyl (C=O) groups excluding carboxylic acids is 2. The Bertz CT molecular complexity index is 1080. The van der Waals surface area contributed by atoms with E-state index in [1.54, 1.807) is 40.5 Å². The molecule has 3 rings (SSSR count). The summed E-state index contributed by atoms with van der Waals surface area (Å²) in [6.07, 6.45) is 0.0548. The van der Waals surface area contributed by atoms with E-state index in [2.05, 4.69) is 0 Å². The summed E-state index contributed by atoms with van der Waals surface area (Å²) >= 11 is 1.57. The number of hydrogen-bond acceptors (Lipinski definition) is 4. The Hall–Kier alpha value is -3.10. The number of rotatable bonds is 11. The van der Waals surface area contributed by atoms with Crippen LogP contribution in [0.2, 0.25) is 0 Å². The summed E-state index contributed by atoms with van der Waals surface area (Å²) in [5.74, 6) is -1.18. The molecule has 180 valence electrons. The van der Waals surface area contributed by atoms with Gasteiger partial charge < -0.3 is 14.5 Å². The lowest BCUT2D eigenvalue weighted by atomic mass is 10.1. The normalized spacial score (nSPS) is 10.8.